The van der Waals surface area contributed by atoms with Crippen LogP contribution in [0, 0.1) is 0 Å². The van der Waals surface area contributed by atoms with Crippen molar-refractivity contribution in [1.82, 2.24) is 4.90 Å². The maximum atomic E-state index is 12.8. The smallest absolute Gasteiger partial charge is 0.294 e. The highest BCUT2D eigenvalue weighted by molar-refractivity contribution is 8.18. The van der Waals surface area contributed by atoms with Gasteiger partial charge in [0.2, 0.25) is 5.91 Å². The van der Waals surface area contributed by atoms with E-state index in [-0.39, 0.29) is 17.6 Å². The van der Waals surface area contributed by atoms with Gasteiger partial charge in [-0.2, -0.15) is 0 Å². The van der Waals surface area contributed by atoms with E-state index in [1.807, 2.05) is 62.6 Å². The summed E-state index contributed by atoms with van der Waals surface area (Å²) in [5.41, 5.74) is 1.34. The summed E-state index contributed by atoms with van der Waals surface area (Å²) in [4.78, 5) is 39.8. The minimum absolute atomic E-state index is 0.0259. The Bertz CT molecular complexity index is 1020. The molecule has 1 atom stereocenters. The van der Waals surface area contributed by atoms with E-state index in [4.69, 9.17) is 4.74 Å². The van der Waals surface area contributed by atoms with Crippen LogP contribution in [0.25, 0.3) is 6.08 Å². The molecule has 1 N–H and O–H groups in total. The van der Waals surface area contributed by atoms with Crippen LogP contribution in [0.3, 0.4) is 0 Å². The van der Waals surface area contributed by atoms with E-state index >= 15 is 0 Å². The van der Waals surface area contributed by atoms with Crippen LogP contribution < -0.4 is 10.1 Å². The molecule has 2 aromatic rings. The Kier molecular flexibility index (Phi) is 7.81. The van der Waals surface area contributed by atoms with Gasteiger partial charge in [0.05, 0.1) is 11.0 Å². The maximum Gasteiger partial charge on any atom is 0.294 e. The molecule has 31 heavy (non-hydrogen) atoms. The Balaban J connectivity index is 1.71. The number of amides is 3. The van der Waals surface area contributed by atoms with Gasteiger partial charge in [-0.1, -0.05) is 31.2 Å². The highest BCUT2D eigenvalue weighted by atomic mass is 32.2. The third-order valence-electron chi connectivity index (χ3n) is 4.64. The average Bonchev–Trinajstić information content (AvgIpc) is 3.02. The molecular formula is C23H24N2O4S2. The number of thioether (sulfide) groups is 2. The first kappa shape index (κ1) is 23.0. The zero-order valence-electron chi connectivity index (χ0n) is 17.6. The molecule has 0 saturated carbocycles. The summed E-state index contributed by atoms with van der Waals surface area (Å²) >= 11 is 2.38. The summed E-state index contributed by atoms with van der Waals surface area (Å²) < 4.78 is 5.91. The SMILES string of the molecule is CC[C@@H](C)Oc1ccccc1/C=C1/SC(=O)N(CC(=O)Nc2cccc(SC)c2)C1=O. The molecule has 1 fully saturated rings. The fourth-order valence-corrected chi connectivity index (χ4v) is 4.12. The Morgan fingerprint density at radius 1 is 1.23 bits per heavy atom. The van der Waals surface area contributed by atoms with Gasteiger partial charge in [0.15, 0.2) is 0 Å². The van der Waals surface area contributed by atoms with E-state index in [0.29, 0.717) is 17.0 Å². The van der Waals surface area contributed by atoms with Crippen LogP contribution in [0.5, 0.6) is 5.75 Å². The van der Waals surface area contributed by atoms with Crippen molar-refractivity contribution >= 4 is 52.3 Å². The molecule has 0 aromatic heterocycles. The number of carbonyl (C=O) groups excluding carboxylic acids is 3. The quantitative estimate of drug-likeness (QED) is 0.431. The first-order valence-electron chi connectivity index (χ1n) is 9.86. The lowest BCUT2D eigenvalue weighted by Crippen LogP contribution is -2.36. The van der Waals surface area contributed by atoms with Gasteiger partial charge >= 0.3 is 0 Å². The standard InChI is InChI=1S/C23H24N2O4S2/c1-4-15(2)29-19-11-6-5-8-16(19)12-20-22(27)25(23(28)31-20)14-21(26)24-17-9-7-10-18(13-17)30-3/h5-13,15H,4,14H2,1-3H3,(H,24,26)/b20-12+/t15-/m1/s1. The topological polar surface area (TPSA) is 75.7 Å². The summed E-state index contributed by atoms with van der Waals surface area (Å²) in [6, 6.07) is 14.7. The number of carbonyl (C=O) groups is 3. The molecule has 0 radical (unpaired) electrons. The van der Waals surface area contributed by atoms with Crippen LogP contribution in [0.1, 0.15) is 25.8 Å². The molecule has 2 aromatic carbocycles. The van der Waals surface area contributed by atoms with Gasteiger partial charge in [0.25, 0.3) is 11.1 Å². The molecule has 0 aliphatic carbocycles. The van der Waals surface area contributed by atoms with E-state index in [9.17, 15) is 14.4 Å². The Morgan fingerprint density at radius 3 is 2.74 bits per heavy atom. The maximum absolute atomic E-state index is 12.8. The highest BCUT2D eigenvalue weighted by Crippen LogP contribution is 2.34. The van der Waals surface area contributed by atoms with Gasteiger partial charge in [0, 0.05) is 16.1 Å². The molecule has 3 rings (SSSR count). The molecule has 1 aliphatic rings. The lowest BCUT2D eigenvalue weighted by atomic mass is 10.1. The molecule has 0 spiro atoms. The summed E-state index contributed by atoms with van der Waals surface area (Å²) in [7, 11) is 0. The van der Waals surface area contributed by atoms with E-state index < -0.39 is 17.1 Å². The van der Waals surface area contributed by atoms with Gasteiger partial charge in [-0.25, -0.2) is 0 Å². The fraction of sp³-hybridized carbons (Fsp3) is 0.261. The second kappa shape index (κ2) is 10.5. The molecule has 8 heteroatoms. The van der Waals surface area contributed by atoms with Crippen LogP contribution in [-0.4, -0.2) is 40.9 Å². The lowest BCUT2D eigenvalue weighted by Gasteiger charge is -2.15. The normalized spacial score (nSPS) is 16.0. The van der Waals surface area contributed by atoms with Crippen molar-refractivity contribution in [2.24, 2.45) is 0 Å². The predicted octanol–water partition coefficient (Wildman–Crippen LogP) is 5.26. The van der Waals surface area contributed by atoms with Crippen LogP contribution in [0.15, 0.2) is 58.3 Å². The largest absolute Gasteiger partial charge is 0.490 e. The van der Waals surface area contributed by atoms with Crippen molar-refractivity contribution in [3.05, 3.63) is 59.0 Å². The zero-order chi connectivity index (χ0) is 22.4. The van der Waals surface area contributed by atoms with Crippen LogP contribution >= 0.6 is 23.5 Å². The van der Waals surface area contributed by atoms with Crippen molar-refractivity contribution in [2.45, 2.75) is 31.3 Å². The van der Waals surface area contributed by atoms with Crippen LogP contribution in [-0.2, 0) is 9.59 Å². The van der Waals surface area contributed by atoms with Crippen molar-refractivity contribution < 1.29 is 19.1 Å². The third kappa shape index (κ3) is 5.92. The number of ether oxygens (including phenoxy) is 1. The van der Waals surface area contributed by atoms with E-state index in [1.54, 1.807) is 23.9 Å². The number of hydrogen-bond acceptors (Lipinski definition) is 6. The number of rotatable bonds is 8. The second-order valence-corrected chi connectivity index (χ2v) is 8.80. The van der Waals surface area contributed by atoms with Gasteiger partial charge in [-0.3, -0.25) is 19.3 Å². The number of anilines is 1. The van der Waals surface area contributed by atoms with Gasteiger partial charge in [-0.15, -0.1) is 11.8 Å². The summed E-state index contributed by atoms with van der Waals surface area (Å²) in [6.45, 7) is 3.66. The molecule has 6 nitrogen and oxygen atoms in total. The Hall–Kier alpha value is -2.71. The number of benzene rings is 2. The summed E-state index contributed by atoms with van der Waals surface area (Å²) in [5, 5.41) is 2.27. The first-order valence-corrected chi connectivity index (χ1v) is 11.9. The fourth-order valence-electron chi connectivity index (χ4n) is 2.83. The molecule has 1 heterocycles. The van der Waals surface area contributed by atoms with Crippen molar-refractivity contribution in [1.29, 1.82) is 0 Å². The predicted molar refractivity (Wildman–Crippen MR) is 126 cm³/mol. The van der Waals surface area contributed by atoms with Gasteiger partial charge < -0.3 is 10.1 Å². The lowest BCUT2D eigenvalue weighted by molar-refractivity contribution is -0.127. The zero-order valence-corrected chi connectivity index (χ0v) is 19.2. The molecule has 3 amide bonds. The van der Waals surface area contributed by atoms with Crippen LogP contribution in [0.2, 0.25) is 0 Å². The van der Waals surface area contributed by atoms with Crippen molar-refractivity contribution in [3.63, 3.8) is 0 Å². The Morgan fingerprint density at radius 2 is 2.00 bits per heavy atom. The number of nitrogens with zero attached hydrogens (tertiary/aromatic N) is 1. The van der Waals surface area contributed by atoms with E-state index in [0.717, 1.165) is 28.0 Å². The van der Waals surface area contributed by atoms with Crippen molar-refractivity contribution in [2.75, 3.05) is 18.1 Å². The molecule has 0 unspecified atom stereocenters. The number of nitrogens with one attached hydrogen (secondary N) is 1. The number of imide groups is 1. The number of para-hydroxylation sites is 1. The monoisotopic (exact) mass is 456 g/mol. The molecular weight excluding hydrogens is 432 g/mol. The van der Waals surface area contributed by atoms with E-state index in [2.05, 4.69) is 5.32 Å². The van der Waals surface area contributed by atoms with Gasteiger partial charge in [-0.05, 0) is 61.7 Å². The second-order valence-electron chi connectivity index (χ2n) is 6.92. The Labute approximate surface area is 190 Å². The van der Waals surface area contributed by atoms with E-state index in [1.165, 1.54) is 0 Å². The third-order valence-corrected chi connectivity index (χ3v) is 6.27. The minimum Gasteiger partial charge on any atom is -0.490 e. The molecule has 162 valence electrons. The summed E-state index contributed by atoms with van der Waals surface area (Å²) in [5.74, 6) is -0.265. The highest BCUT2D eigenvalue weighted by Gasteiger charge is 2.36. The molecule has 1 aliphatic heterocycles. The average molecular weight is 457 g/mol. The van der Waals surface area contributed by atoms with Crippen LogP contribution in [0.4, 0.5) is 10.5 Å². The molecule has 1 saturated heterocycles. The molecule has 0 bridgehead atoms. The summed E-state index contributed by atoms with van der Waals surface area (Å²) in [6.07, 6.45) is 4.46. The number of hydrogen-bond donors (Lipinski definition) is 1. The van der Waals surface area contributed by atoms with Crippen molar-refractivity contribution in [3.8, 4) is 5.75 Å². The first-order chi connectivity index (χ1) is 14.9. The minimum atomic E-state index is -0.485. The van der Waals surface area contributed by atoms with Gasteiger partial charge in [0.1, 0.15) is 12.3 Å².